The van der Waals surface area contributed by atoms with Crippen LogP contribution in [0.4, 0.5) is 5.69 Å². The van der Waals surface area contributed by atoms with Crippen LogP contribution in [0.25, 0.3) is 0 Å². The Morgan fingerprint density at radius 1 is 0.909 bits per heavy atom. The van der Waals surface area contributed by atoms with Gasteiger partial charge in [-0.05, 0) is 65.4 Å². The fourth-order valence-corrected chi connectivity index (χ4v) is 4.84. The molecule has 1 N–H and O–H groups in total. The van der Waals surface area contributed by atoms with Gasteiger partial charge in [0.15, 0.2) is 11.5 Å². The summed E-state index contributed by atoms with van der Waals surface area (Å²) in [7, 11) is 3.26. The van der Waals surface area contributed by atoms with Gasteiger partial charge in [0, 0.05) is 24.2 Å². The second-order valence-corrected chi connectivity index (χ2v) is 8.39. The van der Waals surface area contributed by atoms with Gasteiger partial charge in [-0.2, -0.15) is 0 Å². The highest BCUT2D eigenvalue weighted by Gasteiger charge is 2.34. The van der Waals surface area contributed by atoms with E-state index in [0.717, 1.165) is 34.4 Å². The number of rotatable bonds is 4. The van der Waals surface area contributed by atoms with E-state index in [1.807, 2.05) is 47.4 Å². The van der Waals surface area contributed by atoms with Crippen molar-refractivity contribution in [2.24, 2.45) is 0 Å². The molecule has 2 aliphatic heterocycles. The summed E-state index contributed by atoms with van der Waals surface area (Å²) in [6.45, 7) is 0.592. The maximum atomic E-state index is 13.8. The van der Waals surface area contributed by atoms with E-state index in [4.69, 9.17) is 9.47 Å². The van der Waals surface area contributed by atoms with Crippen molar-refractivity contribution < 1.29 is 19.1 Å². The van der Waals surface area contributed by atoms with Gasteiger partial charge in [-0.1, -0.05) is 30.3 Å². The van der Waals surface area contributed by atoms with Crippen molar-refractivity contribution >= 4 is 17.5 Å². The molecule has 2 aliphatic rings. The van der Waals surface area contributed by atoms with Crippen molar-refractivity contribution in [3.8, 4) is 11.5 Å². The molecule has 6 nitrogen and oxygen atoms in total. The Kier molecular flexibility index (Phi) is 5.50. The lowest BCUT2D eigenvalue weighted by Gasteiger charge is -2.38. The van der Waals surface area contributed by atoms with Crippen molar-refractivity contribution in [3.05, 3.63) is 88.5 Å². The predicted molar refractivity (Wildman–Crippen MR) is 126 cm³/mol. The number of aryl methyl sites for hydroxylation is 1. The van der Waals surface area contributed by atoms with Crippen LogP contribution in [0.3, 0.4) is 0 Å². The summed E-state index contributed by atoms with van der Waals surface area (Å²) in [4.78, 5) is 27.4. The highest BCUT2D eigenvalue weighted by Crippen LogP contribution is 2.41. The number of hydrogen-bond acceptors (Lipinski definition) is 4. The first-order valence-electron chi connectivity index (χ1n) is 11.1. The van der Waals surface area contributed by atoms with Gasteiger partial charge in [0.05, 0.1) is 20.3 Å². The fourth-order valence-electron chi connectivity index (χ4n) is 4.84. The van der Waals surface area contributed by atoms with E-state index in [-0.39, 0.29) is 17.9 Å². The lowest BCUT2D eigenvalue weighted by atomic mass is 9.87. The summed E-state index contributed by atoms with van der Waals surface area (Å²) in [5.41, 5.74) is 5.67. The first-order chi connectivity index (χ1) is 16.1. The number of nitrogens with zero attached hydrogens (tertiary/aromatic N) is 1. The molecule has 168 valence electrons. The minimum Gasteiger partial charge on any atom is -0.493 e. The van der Waals surface area contributed by atoms with Gasteiger partial charge in [0.1, 0.15) is 0 Å². The molecule has 0 saturated carbocycles. The number of benzene rings is 3. The number of methoxy groups -OCH3 is 2. The molecule has 2 amide bonds. The molecule has 2 heterocycles. The number of fused-ring (bicyclic) bond motifs is 2. The number of ether oxygens (including phenoxy) is 2. The average molecular weight is 443 g/mol. The first-order valence-corrected chi connectivity index (χ1v) is 11.1. The topological polar surface area (TPSA) is 67.9 Å². The number of nitrogens with one attached hydrogen (secondary N) is 1. The van der Waals surface area contributed by atoms with E-state index in [9.17, 15) is 9.59 Å². The second kappa shape index (κ2) is 8.62. The smallest absolute Gasteiger partial charge is 0.254 e. The van der Waals surface area contributed by atoms with E-state index in [0.29, 0.717) is 36.4 Å². The van der Waals surface area contributed by atoms with Crippen LogP contribution in [0, 0.1) is 0 Å². The summed E-state index contributed by atoms with van der Waals surface area (Å²) in [5, 5.41) is 2.89. The minimum absolute atomic E-state index is 0.0164. The zero-order chi connectivity index (χ0) is 22.9. The van der Waals surface area contributed by atoms with Crippen LogP contribution in [0.5, 0.6) is 11.5 Å². The van der Waals surface area contributed by atoms with Crippen LogP contribution in [0.1, 0.15) is 45.1 Å². The summed E-state index contributed by atoms with van der Waals surface area (Å²) < 4.78 is 11.1. The van der Waals surface area contributed by atoms with Gasteiger partial charge in [-0.25, -0.2) is 0 Å². The molecule has 0 fully saturated rings. The summed E-state index contributed by atoms with van der Waals surface area (Å²) in [6.07, 6.45) is 1.81. The average Bonchev–Trinajstić information content (AvgIpc) is 2.86. The Hall–Kier alpha value is -3.80. The lowest BCUT2D eigenvalue weighted by molar-refractivity contribution is -0.116. The van der Waals surface area contributed by atoms with Gasteiger partial charge in [0.25, 0.3) is 5.91 Å². The maximum absolute atomic E-state index is 13.8. The van der Waals surface area contributed by atoms with Gasteiger partial charge in [-0.15, -0.1) is 0 Å². The van der Waals surface area contributed by atoms with E-state index in [1.54, 1.807) is 20.3 Å². The second-order valence-electron chi connectivity index (χ2n) is 8.39. The van der Waals surface area contributed by atoms with Crippen LogP contribution >= 0.6 is 0 Å². The third kappa shape index (κ3) is 3.82. The molecule has 0 saturated heterocycles. The van der Waals surface area contributed by atoms with Crippen molar-refractivity contribution in [1.29, 1.82) is 0 Å². The van der Waals surface area contributed by atoms with E-state index >= 15 is 0 Å². The van der Waals surface area contributed by atoms with Crippen molar-refractivity contribution in [2.45, 2.75) is 25.3 Å². The molecule has 0 aromatic heterocycles. The maximum Gasteiger partial charge on any atom is 0.254 e. The molecule has 6 heteroatoms. The Labute approximate surface area is 193 Å². The minimum atomic E-state index is -0.238. The van der Waals surface area contributed by atoms with Gasteiger partial charge in [0.2, 0.25) is 5.91 Å². The Morgan fingerprint density at radius 3 is 2.42 bits per heavy atom. The number of amides is 2. The molecule has 0 aliphatic carbocycles. The van der Waals surface area contributed by atoms with E-state index < -0.39 is 0 Å². The highest BCUT2D eigenvalue weighted by atomic mass is 16.5. The molecule has 0 bridgehead atoms. The Bertz CT molecular complexity index is 1220. The number of carbonyl (C=O) groups excluding carboxylic acids is 2. The Morgan fingerprint density at radius 2 is 1.67 bits per heavy atom. The lowest BCUT2D eigenvalue weighted by Crippen LogP contribution is -2.40. The molecular weight excluding hydrogens is 416 g/mol. The van der Waals surface area contributed by atoms with Gasteiger partial charge in [-0.3, -0.25) is 9.59 Å². The first kappa shape index (κ1) is 21.1. The van der Waals surface area contributed by atoms with Crippen molar-refractivity contribution in [1.82, 2.24) is 4.90 Å². The SMILES string of the molecule is COc1cc2c(cc1OC)C(c1ccccc1)N(C(=O)c1ccc3c(c1)CCC(=O)N3)CC2. The number of anilines is 1. The standard InChI is InChI=1S/C27H26N2O4/c1-32-23-15-18-12-13-29(26(17-6-4-3-5-7-17)21(18)16-24(23)33-2)27(31)20-8-10-22-19(14-20)9-11-25(30)28-22/h3-8,10,14-16,26H,9,11-13H2,1-2H3,(H,28,30). The molecule has 33 heavy (non-hydrogen) atoms. The summed E-state index contributed by atoms with van der Waals surface area (Å²) in [6, 6.07) is 19.4. The predicted octanol–water partition coefficient (Wildman–Crippen LogP) is 4.38. The summed E-state index contributed by atoms with van der Waals surface area (Å²) >= 11 is 0. The highest BCUT2D eigenvalue weighted by molar-refractivity contribution is 5.98. The van der Waals surface area contributed by atoms with Crippen LogP contribution in [-0.4, -0.2) is 37.5 Å². The monoisotopic (exact) mass is 442 g/mol. The normalized spacial score (nSPS) is 17.0. The molecular formula is C27H26N2O4. The molecule has 5 rings (SSSR count). The van der Waals surface area contributed by atoms with Gasteiger partial charge < -0.3 is 19.7 Å². The third-order valence-electron chi connectivity index (χ3n) is 6.50. The van der Waals surface area contributed by atoms with Crippen molar-refractivity contribution in [2.75, 3.05) is 26.1 Å². The van der Waals surface area contributed by atoms with Crippen molar-refractivity contribution in [3.63, 3.8) is 0 Å². The fraction of sp³-hybridized carbons (Fsp3) is 0.259. The number of hydrogen-bond donors (Lipinski definition) is 1. The van der Waals surface area contributed by atoms with Gasteiger partial charge >= 0.3 is 0 Å². The summed E-state index contributed by atoms with van der Waals surface area (Å²) in [5.74, 6) is 1.34. The quantitative estimate of drug-likeness (QED) is 0.651. The van der Waals surface area contributed by atoms with Crippen LogP contribution in [-0.2, 0) is 17.6 Å². The van der Waals surface area contributed by atoms with Crippen LogP contribution in [0.2, 0.25) is 0 Å². The molecule has 0 spiro atoms. The zero-order valence-electron chi connectivity index (χ0n) is 18.8. The zero-order valence-corrected chi connectivity index (χ0v) is 18.8. The molecule has 0 radical (unpaired) electrons. The molecule has 3 aromatic carbocycles. The third-order valence-corrected chi connectivity index (χ3v) is 6.50. The molecule has 1 atom stereocenters. The van der Waals surface area contributed by atoms with E-state index in [1.165, 1.54) is 0 Å². The molecule has 3 aromatic rings. The molecule has 1 unspecified atom stereocenters. The Balaban J connectivity index is 1.57. The van der Waals surface area contributed by atoms with E-state index in [2.05, 4.69) is 17.4 Å². The largest absolute Gasteiger partial charge is 0.493 e. The number of carbonyl (C=O) groups is 2. The van der Waals surface area contributed by atoms with Crippen LogP contribution in [0.15, 0.2) is 60.7 Å². The van der Waals surface area contributed by atoms with Crippen LogP contribution < -0.4 is 14.8 Å².